The molecule has 0 bridgehead atoms. The molecular weight excluding hydrogens is 300 g/mol. The zero-order valence-electron chi connectivity index (χ0n) is 12.4. The Morgan fingerprint density at radius 2 is 2.05 bits per heavy atom. The second-order valence-corrected chi connectivity index (χ2v) is 7.93. The van der Waals surface area contributed by atoms with Gasteiger partial charge in [-0.05, 0) is 30.0 Å². The molecule has 5 heteroatoms. The molecule has 0 saturated carbocycles. The van der Waals surface area contributed by atoms with Crippen molar-refractivity contribution in [3.05, 3.63) is 49.5 Å². The molecule has 0 N–H and O–H groups in total. The lowest BCUT2D eigenvalue weighted by atomic mass is 9.93. The first kappa shape index (κ1) is 14.6. The van der Waals surface area contributed by atoms with Crippen LogP contribution in [0, 0.1) is 5.41 Å². The van der Waals surface area contributed by atoms with Crippen LogP contribution in [0.15, 0.2) is 38.9 Å². The first-order valence-corrected chi connectivity index (χ1v) is 8.93. The van der Waals surface area contributed by atoms with Crippen LogP contribution >= 0.6 is 23.1 Å². The van der Waals surface area contributed by atoms with Gasteiger partial charge in [0.05, 0.1) is 4.53 Å². The number of thioether (sulfide) groups is 1. The van der Waals surface area contributed by atoms with Crippen molar-refractivity contribution in [2.24, 2.45) is 10.4 Å². The predicted molar refractivity (Wildman–Crippen MR) is 89.8 cm³/mol. The minimum absolute atomic E-state index is 0.0647. The maximum absolute atomic E-state index is 12.5. The lowest BCUT2D eigenvalue weighted by Crippen LogP contribution is -2.41. The Morgan fingerprint density at radius 3 is 2.71 bits per heavy atom. The standard InChI is InChI=1S/C16H18N2OS2/c1-16(2)9-17-15-18(10-16)14(19)13(21-15)8-11-4-6-12(20-3)7-5-11/h4-8H,9-10H2,1-3H3. The van der Waals surface area contributed by atoms with E-state index in [0.717, 1.165) is 28.0 Å². The Kier molecular flexibility index (Phi) is 3.80. The lowest BCUT2D eigenvalue weighted by Gasteiger charge is -2.25. The minimum atomic E-state index is 0.0647. The van der Waals surface area contributed by atoms with Gasteiger partial charge in [0, 0.05) is 23.4 Å². The lowest BCUT2D eigenvalue weighted by molar-refractivity contribution is 0.287. The first-order chi connectivity index (χ1) is 9.98. The molecule has 1 aromatic carbocycles. The Labute approximate surface area is 132 Å². The van der Waals surface area contributed by atoms with Crippen LogP contribution in [-0.4, -0.2) is 17.4 Å². The molecule has 0 saturated heterocycles. The highest BCUT2D eigenvalue weighted by molar-refractivity contribution is 7.98. The number of nitrogens with zero attached hydrogens (tertiary/aromatic N) is 2. The highest BCUT2D eigenvalue weighted by Gasteiger charge is 2.24. The summed E-state index contributed by atoms with van der Waals surface area (Å²) in [6.45, 7) is 5.83. The molecule has 0 spiro atoms. The fourth-order valence-electron chi connectivity index (χ4n) is 2.38. The summed E-state index contributed by atoms with van der Waals surface area (Å²) in [5.74, 6) is 0. The Morgan fingerprint density at radius 1 is 1.33 bits per heavy atom. The summed E-state index contributed by atoms with van der Waals surface area (Å²) in [5.41, 5.74) is 1.21. The Hall–Kier alpha value is -1.33. The summed E-state index contributed by atoms with van der Waals surface area (Å²) in [6.07, 6.45) is 4.02. The van der Waals surface area contributed by atoms with Gasteiger partial charge in [0.25, 0.3) is 5.56 Å². The van der Waals surface area contributed by atoms with Crippen LogP contribution in [0.2, 0.25) is 0 Å². The van der Waals surface area contributed by atoms with E-state index in [4.69, 9.17) is 0 Å². The van der Waals surface area contributed by atoms with E-state index >= 15 is 0 Å². The largest absolute Gasteiger partial charge is 0.283 e. The summed E-state index contributed by atoms with van der Waals surface area (Å²) in [7, 11) is 0. The van der Waals surface area contributed by atoms with Gasteiger partial charge >= 0.3 is 0 Å². The predicted octanol–water partition coefficient (Wildman–Crippen LogP) is 2.12. The Bertz CT molecular complexity index is 829. The van der Waals surface area contributed by atoms with Crippen LogP contribution in [0.4, 0.5) is 0 Å². The van der Waals surface area contributed by atoms with Gasteiger partial charge in [-0.1, -0.05) is 37.3 Å². The van der Waals surface area contributed by atoms with E-state index in [2.05, 4.69) is 49.4 Å². The fraction of sp³-hybridized carbons (Fsp3) is 0.375. The third-order valence-electron chi connectivity index (χ3n) is 3.53. The van der Waals surface area contributed by atoms with Gasteiger partial charge < -0.3 is 0 Å². The molecule has 1 aromatic heterocycles. The van der Waals surface area contributed by atoms with Crippen molar-refractivity contribution in [1.82, 2.24) is 4.57 Å². The van der Waals surface area contributed by atoms with Crippen LogP contribution < -0.4 is 14.9 Å². The monoisotopic (exact) mass is 318 g/mol. The summed E-state index contributed by atoms with van der Waals surface area (Å²) < 4.78 is 2.58. The van der Waals surface area contributed by atoms with Crippen molar-refractivity contribution in [1.29, 1.82) is 0 Å². The number of hydrogen-bond acceptors (Lipinski definition) is 4. The van der Waals surface area contributed by atoms with E-state index in [0.29, 0.717) is 0 Å². The summed E-state index contributed by atoms with van der Waals surface area (Å²) in [5, 5.41) is 0. The van der Waals surface area contributed by atoms with E-state index in [9.17, 15) is 4.79 Å². The Balaban J connectivity index is 2.06. The minimum Gasteiger partial charge on any atom is -0.283 e. The highest BCUT2D eigenvalue weighted by atomic mass is 32.2. The summed E-state index contributed by atoms with van der Waals surface area (Å²) >= 11 is 3.21. The smallest absolute Gasteiger partial charge is 0.270 e. The molecule has 110 valence electrons. The van der Waals surface area contributed by atoms with Gasteiger partial charge in [-0.15, -0.1) is 11.8 Å². The van der Waals surface area contributed by atoms with Gasteiger partial charge in [-0.25, -0.2) is 0 Å². The number of rotatable bonds is 2. The van der Waals surface area contributed by atoms with Gasteiger partial charge in [0.15, 0.2) is 4.80 Å². The molecule has 1 aliphatic heterocycles. The second kappa shape index (κ2) is 5.46. The molecular formula is C16H18N2OS2. The van der Waals surface area contributed by atoms with Crippen LogP contribution in [0.3, 0.4) is 0 Å². The van der Waals surface area contributed by atoms with Crippen LogP contribution in [0.5, 0.6) is 0 Å². The number of thiazole rings is 1. The number of benzene rings is 1. The number of aromatic nitrogens is 1. The van der Waals surface area contributed by atoms with E-state index in [1.807, 2.05) is 10.6 Å². The van der Waals surface area contributed by atoms with Crippen molar-refractivity contribution in [3.8, 4) is 0 Å². The van der Waals surface area contributed by atoms with Crippen molar-refractivity contribution in [3.63, 3.8) is 0 Å². The molecule has 0 unspecified atom stereocenters. The summed E-state index contributed by atoms with van der Waals surface area (Å²) in [6, 6.07) is 8.26. The van der Waals surface area contributed by atoms with Gasteiger partial charge in [-0.3, -0.25) is 14.4 Å². The topological polar surface area (TPSA) is 34.4 Å². The van der Waals surface area contributed by atoms with E-state index in [1.54, 1.807) is 11.8 Å². The van der Waals surface area contributed by atoms with Gasteiger partial charge in [-0.2, -0.15) is 0 Å². The molecule has 21 heavy (non-hydrogen) atoms. The SMILES string of the molecule is CSc1ccc(C=c2sc3n(c2=O)CC(C)(C)CN=3)cc1. The van der Waals surface area contributed by atoms with Crippen molar-refractivity contribution < 1.29 is 0 Å². The highest BCUT2D eigenvalue weighted by Crippen LogP contribution is 2.19. The zero-order valence-corrected chi connectivity index (χ0v) is 14.1. The van der Waals surface area contributed by atoms with E-state index < -0.39 is 0 Å². The molecule has 2 aromatic rings. The molecule has 0 atom stereocenters. The van der Waals surface area contributed by atoms with E-state index in [1.165, 1.54) is 16.2 Å². The third kappa shape index (κ3) is 2.99. The zero-order chi connectivity index (χ0) is 15.0. The maximum Gasteiger partial charge on any atom is 0.270 e. The molecule has 0 amide bonds. The van der Waals surface area contributed by atoms with Crippen molar-refractivity contribution >= 4 is 29.2 Å². The van der Waals surface area contributed by atoms with E-state index in [-0.39, 0.29) is 11.0 Å². The molecule has 0 aliphatic carbocycles. The maximum atomic E-state index is 12.5. The van der Waals surface area contributed by atoms with Crippen LogP contribution in [0.1, 0.15) is 19.4 Å². The third-order valence-corrected chi connectivity index (χ3v) is 5.32. The van der Waals surface area contributed by atoms with Gasteiger partial charge in [0.1, 0.15) is 0 Å². The molecule has 2 heterocycles. The number of fused-ring (bicyclic) bond motifs is 1. The fourth-order valence-corrected chi connectivity index (χ4v) is 3.76. The van der Waals surface area contributed by atoms with Crippen LogP contribution in [-0.2, 0) is 6.54 Å². The molecule has 0 radical (unpaired) electrons. The first-order valence-electron chi connectivity index (χ1n) is 6.88. The molecule has 0 fully saturated rings. The molecule has 1 aliphatic rings. The van der Waals surface area contributed by atoms with Crippen LogP contribution in [0.25, 0.3) is 6.08 Å². The van der Waals surface area contributed by atoms with Crippen molar-refractivity contribution in [2.45, 2.75) is 25.3 Å². The average molecular weight is 318 g/mol. The molecule has 3 rings (SSSR count). The normalized spacial score (nSPS) is 17.4. The van der Waals surface area contributed by atoms with Gasteiger partial charge in [0.2, 0.25) is 0 Å². The second-order valence-electron chi connectivity index (χ2n) is 6.04. The average Bonchev–Trinajstić information content (AvgIpc) is 2.75. The number of hydrogen-bond donors (Lipinski definition) is 0. The quantitative estimate of drug-likeness (QED) is 0.795. The van der Waals surface area contributed by atoms with Crippen molar-refractivity contribution in [2.75, 3.05) is 12.8 Å². The molecule has 3 nitrogen and oxygen atoms in total. The summed E-state index contributed by atoms with van der Waals surface area (Å²) in [4.78, 5) is 19.1.